The fraction of sp³-hybridized carbons (Fsp3) is 0.591. The van der Waals surface area contributed by atoms with E-state index in [0.29, 0.717) is 5.92 Å². The second kappa shape index (κ2) is 10.4. The number of likely N-dealkylation sites (N-methyl/N-ethyl adjacent to an activating group) is 1. The number of carbonyl (C=O) groups excluding carboxylic acids is 1. The molecule has 4 heteroatoms. The highest BCUT2D eigenvalue weighted by Gasteiger charge is 2.23. The number of benzene rings is 1. The number of hydrogen-bond donors (Lipinski definition) is 0. The van der Waals surface area contributed by atoms with Gasteiger partial charge in [0.25, 0.3) is 0 Å². The first-order valence-corrected chi connectivity index (χ1v) is 9.81. The third kappa shape index (κ3) is 6.49. The standard InChI is InChI=1S/C22H34N2O2/c1-5-24(22(25)14-18(2)3)17-20-9-7-12-23(16-20)13-11-19-8-6-10-21(15-19)26-4/h6,8,10,14-15,20H,5,7,9,11-13,16-17H2,1-4H3/t20-/m0/s1. The van der Waals surface area contributed by atoms with Gasteiger partial charge in [-0.1, -0.05) is 17.7 Å². The molecule has 0 N–H and O–H groups in total. The van der Waals surface area contributed by atoms with Crippen LogP contribution >= 0.6 is 0 Å². The minimum absolute atomic E-state index is 0.154. The van der Waals surface area contributed by atoms with Gasteiger partial charge in [-0.25, -0.2) is 0 Å². The van der Waals surface area contributed by atoms with E-state index in [4.69, 9.17) is 4.74 Å². The Morgan fingerprint density at radius 3 is 2.88 bits per heavy atom. The molecule has 1 aliphatic rings. The first-order valence-electron chi connectivity index (χ1n) is 9.81. The number of rotatable bonds is 8. The monoisotopic (exact) mass is 358 g/mol. The molecule has 0 aliphatic carbocycles. The zero-order valence-electron chi connectivity index (χ0n) is 16.8. The molecule has 0 aromatic heterocycles. The van der Waals surface area contributed by atoms with Gasteiger partial charge in [-0.05, 0) is 70.2 Å². The maximum absolute atomic E-state index is 12.3. The minimum atomic E-state index is 0.154. The highest BCUT2D eigenvalue weighted by molar-refractivity contribution is 5.88. The van der Waals surface area contributed by atoms with Crippen LogP contribution in [-0.2, 0) is 11.2 Å². The maximum atomic E-state index is 12.3. The van der Waals surface area contributed by atoms with E-state index in [1.165, 1.54) is 18.4 Å². The molecule has 144 valence electrons. The van der Waals surface area contributed by atoms with Crippen LogP contribution in [0.25, 0.3) is 0 Å². The lowest BCUT2D eigenvalue weighted by Crippen LogP contribution is -2.43. The molecule has 26 heavy (non-hydrogen) atoms. The predicted octanol–water partition coefficient (Wildman–Crippen LogP) is 3.76. The average Bonchev–Trinajstić information content (AvgIpc) is 2.64. The van der Waals surface area contributed by atoms with E-state index < -0.39 is 0 Å². The average molecular weight is 359 g/mol. The van der Waals surface area contributed by atoms with Crippen molar-refractivity contribution < 1.29 is 9.53 Å². The van der Waals surface area contributed by atoms with Crippen LogP contribution in [0.4, 0.5) is 0 Å². The number of nitrogens with zero attached hydrogens (tertiary/aromatic N) is 2. The van der Waals surface area contributed by atoms with E-state index in [1.807, 2.05) is 24.8 Å². The van der Waals surface area contributed by atoms with E-state index in [2.05, 4.69) is 30.0 Å². The van der Waals surface area contributed by atoms with Gasteiger partial charge in [-0.3, -0.25) is 4.79 Å². The van der Waals surface area contributed by atoms with Crippen LogP contribution in [0.5, 0.6) is 5.75 Å². The zero-order valence-corrected chi connectivity index (χ0v) is 16.8. The number of piperidine rings is 1. The third-order valence-electron chi connectivity index (χ3n) is 5.04. The van der Waals surface area contributed by atoms with Gasteiger partial charge in [-0.2, -0.15) is 0 Å². The van der Waals surface area contributed by atoms with E-state index in [1.54, 1.807) is 13.2 Å². The van der Waals surface area contributed by atoms with Gasteiger partial charge < -0.3 is 14.5 Å². The third-order valence-corrected chi connectivity index (χ3v) is 5.04. The van der Waals surface area contributed by atoms with Crippen LogP contribution < -0.4 is 4.74 Å². The van der Waals surface area contributed by atoms with Crippen LogP contribution in [-0.4, -0.2) is 55.5 Å². The molecule has 1 aliphatic heterocycles. The molecule has 2 rings (SSSR count). The van der Waals surface area contributed by atoms with Crippen molar-refractivity contribution in [1.82, 2.24) is 9.80 Å². The summed E-state index contributed by atoms with van der Waals surface area (Å²) in [5, 5.41) is 0. The second-order valence-corrected chi connectivity index (χ2v) is 7.51. The predicted molar refractivity (Wildman–Crippen MR) is 108 cm³/mol. The highest BCUT2D eigenvalue weighted by Crippen LogP contribution is 2.19. The summed E-state index contributed by atoms with van der Waals surface area (Å²) in [4.78, 5) is 16.9. The zero-order chi connectivity index (χ0) is 18.9. The Bertz CT molecular complexity index is 608. The Morgan fingerprint density at radius 1 is 1.38 bits per heavy atom. The van der Waals surface area contributed by atoms with Gasteiger partial charge in [0, 0.05) is 32.3 Å². The topological polar surface area (TPSA) is 32.8 Å². The molecule has 1 saturated heterocycles. The Kier molecular flexibility index (Phi) is 8.17. The first kappa shape index (κ1) is 20.5. The van der Waals surface area contributed by atoms with E-state index in [0.717, 1.165) is 50.5 Å². The first-order chi connectivity index (χ1) is 12.5. The molecule has 0 saturated carbocycles. The van der Waals surface area contributed by atoms with Gasteiger partial charge in [0.05, 0.1) is 7.11 Å². The number of hydrogen-bond acceptors (Lipinski definition) is 3. The number of amides is 1. The molecular weight excluding hydrogens is 324 g/mol. The fourth-order valence-corrected chi connectivity index (χ4v) is 3.64. The summed E-state index contributed by atoms with van der Waals surface area (Å²) in [6.07, 6.45) is 5.23. The molecule has 4 nitrogen and oxygen atoms in total. The van der Waals surface area contributed by atoms with Crippen LogP contribution in [0.1, 0.15) is 39.2 Å². The number of ether oxygens (including phenoxy) is 1. The molecule has 1 aromatic rings. The van der Waals surface area contributed by atoms with Crippen molar-refractivity contribution in [2.24, 2.45) is 5.92 Å². The molecule has 0 radical (unpaired) electrons. The number of carbonyl (C=O) groups is 1. The maximum Gasteiger partial charge on any atom is 0.246 e. The van der Waals surface area contributed by atoms with Gasteiger partial charge in [0.2, 0.25) is 5.91 Å². The Hall–Kier alpha value is -1.81. The second-order valence-electron chi connectivity index (χ2n) is 7.51. The van der Waals surface area contributed by atoms with Crippen molar-refractivity contribution >= 4 is 5.91 Å². The van der Waals surface area contributed by atoms with E-state index >= 15 is 0 Å². The quantitative estimate of drug-likeness (QED) is 0.663. The molecule has 1 heterocycles. The molecular formula is C22H34N2O2. The molecule has 0 bridgehead atoms. The summed E-state index contributed by atoms with van der Waals surface area (Å²) in [7, 11) is 1.71. The molecule has 1 atom stereocenters. The smallest absolute Gasteiger partial charge is 0.246 e. The van der Waals surface area contributed by atoms with Crippen LogP contribution in [0.15, 0.2) is 35.9 Å². The van der Waals surface area contributed by atoms with E-state index in [9.17, 15) is 4.79 Å². The number of allylic oxidation sites excluding steroid dienone is 1. The lowest BCUT2D eigenvalue weighted by molar-refractivity contribution is -0.126. The Balaban J connectivity index is 1.85. The summed E-state index contributed by atoms with van der Waals surface area (Å²) in [5.74, 6) is 1.65. The van der Waals surface area contributed by atoms with Crippen LogP contribution in [0, 0.1) is 5.92 Å². The summed E-state index contributed by atoms with van der Waals surface area (Å²) in [5.41, 5.74) is 2.39. The number of likely N-dealkylation sites (tertiary alicyclic amines) is 1. The summed E-state index contributed by atoms with van der Waals surface area (Å²) in [6, 6.07) is 8.34. The van der Waals surface area contributed by atoms with Crippen LogP contribution in [0.2, 0.25) is 0 Å². The number of methoxy groups -OCH3 is 1. The SMILES string of the molecule is CCN(C[C@H]1CCCN(CCc2cccc(OC)c2)C1)C(=O)C=C(C)C. The summed E-state index contributed by atoms with van der Waals surface area (Å²) >= 11 is 0. The molecule has 0 unspecified atom stereocenters. The summed E-state index contributed by atoms with van der Waals surface area (Å²) < 4.78 is 5.31. The molecule has 1 aromatic carbocycles. The molecule has 1 amide bonds. The lowest BCUT2D eigenvalue weighted by Gasteiger charge is -2.35. The van der Waals surface area contributed by atoms with E-state index in [-0.39, 0.29) is 5.91 Å². The van der Waals surface area contributed by atoms with Gasteiger partial charge >= 0.3 is 0 Å². The van der Waals surface area contributed by atoms with Gasteiger partial charge in [-0.15, -0.1) is 0 Å². The normalized spacial score (nSPS) is 17.6. The largest absolute Gasteiger partial charge is 0.497 e. The van der Waals surface area contributed by atoms with Gasteiger partial charge in [0.15, 0.2) is 0 Å². The van der Waals surface area contributed by atoms with Crippen molar-refractivity contribution in [3.05, 3.63) is 41.5 Å². The van der Waals surface area contributed by atoms with Crippen molar-refractivity contribution in [3.63, 3.8) is 0 Å². The fourth-order valence-electron chi connectivity index (χ4n) is 3.64. The highest BCUT2D eigenvalue weighted by atomic mass is 16.5. The molecule has 1 fully saturated rings. The lowest BCUT2D eigenvalue weighted by atomic mass is 9.96. The molecule has 0 spiro atoms. The van der Waals surface area contributed by atoms with Gasteiger partial charge in [0.1, 0.15) is 5.75 Å². The minimum Gasteiger partial charge on any atom is -0.497 e. The van der Waals surface area contributed by atoms with Crippen molar-refractivity contribution in [1.29, 1.82) is 0 Å². The van der Waals surface area contributed by atoms with Crippen LogP contribution in [0.3, 0.4) is 0 Å². The Morgan fingerprint density at radius 2 is 2.19 bits per heavy atom. The van der Waals surface area contributed by atoms with Crippen molar-refractivity contribution in [3.8, 4) is 5.75 Å². The Labute approximate surface area is 158 Å². The van der Waals surface area contributed by atoms with Crippen molar-refractivity contribution in [2.75, 3.05) is 39.8 Å². The van der Waals surface area contributed by atoms with Crippen molar-refractivity contribution in [2.45, 2.75) is 40.0 Å². The summed E-state index contributed by atoms with van der Waals surface area (Å²) in [6.45, 7) is 11.0.